The fourth-order valence-corrected chi connectivity index (χ4v) is 5.95. The summed E-state index contributed by atoms with van der Waals surface area (Å²) in [5.74, 6) is -2.05. The Kier molecular flexibility index (Phi) is 6.49. The van der Waals surface area contributed by atoms with E-state index >= 15 is 0 Å². The number of benzene rings is 2. The summed E-state index contributed by atoms with van der Waals surface area (Å²) in [6.07, 6.45) is 0.286. The number of sulfonamides is 1. The number of aromatic amines is 1. The molecule has 1 fully saturated rings. The smallest absolute Gasteiger partial charge is 0.256 e. The third kappa shape index (κ3) is 4.71. The predicted octanol–water partition coefficient (Wildman–Crippen LogP) is 2.44. The fourth-order valence-electron chi connectivity index (χ4n) is 4.46. The molecule has 2 N–H and O–H groups in total. The van der Waals surface area contributed by atoms with Gasteiger partial charge in [0.05, 0.1) is 0 Å². The fraction of sp³-hybridized carbons (Fsp3) is 0.333. The quantitative estimate of drug-likeness (QED) is 0.540. The molecular formula is C24H26F2N6O3S. The molecule has 1 amide bonds. The molecule has 0 radical (unpaired) electrons. The molecule has 3 heterocycles. The first-order chi connectivity index (χ1) is 17.2. The lowest BCUT2D eigenvalue weighted by molar-refractivity contribution is 0.102. The van der Waals surface area contributed by atoms with Gasteiger partial charge in [-0.25, -0.2) is 17.2 Å². The first-order valence-electron chi connectivity index (χ1n) is 11.6. The van der Waals surface area contributed by atoms with Gasteiger partial charge in [-0.15, -0.1) is 0 Å². The summed E-state index contributed by atoms with van der Waals surface area (Å²) in [5.41, 5.74) is 2.65. The maximum Gasteiger partial charge on any atom is 0.256 e. The molecule has 2 aliphatic heterocycles. The van der Waals surface area contributed by atoms with Crippen LogP contribution in [0.15, 0.2) is 47.4 Å². The van der Waals surface area contributed by atoms with E-state index in [0.29, 0.717) is 22.9 Å². The largest absolute Gasteiger partial charge is 0.369 e. The molecule has 0 unspecified atom stereocenters. The second-order valence-electron chi connectivity index (χ2n) is 8.98. The Balaban J connectivity index is 1.31. The van der Waals surface area contributed by atoms with Gasteiger partial charge in [-0.05, 0) is 49.5 Å². The zero-order chi connectivity index (χ0) is 25.4. The predicted molar refractivity (Wildman–Crippen MR) is 130 cm³/mol. The number of likely N-dealkylation sites (N-methyl/N-ethyl adjacent to an activating group) is 1. The van der Waals surface area contributed by atoms with Crippen LogP contribution in [-0.2, 0) is 23.0 Å². The highest BCUT2D eigenvalue weighted by molar-refractivity contribution is 7.89. The monoisotopic (exact) mass is 516 g/mol. The van der Waals surface area contributed by atoms with E-state index in [4.69, 9.17) is 0 Å². The summed E-state index contributed by atoms with van der Waals surface area (Å²) < 4.78 is 54.9. The average Bonchev–Trinajstić information content (AvgIpc) is 3.28. The van der Waals surface area contributed by atoms with Crippen LogP contribution < -0.4 is 10.2 Å². The van der Waals surface area contributed by atoms with Crippen molar-refractivity contribution in [2.45, 2.75) is 17.9 Å². The number of fused-ring (bicyclic) bond motifs is 1. The highest BCUT2D eigenvalue weighted by Crippen LogP contribution is 2.30. The van der Waals surface area contributed by atoms with Crippen LogP contribution in [0.1, 0.15) is 21.6 Å². The summed E-state index contributed by atoms with van der Waals surface area (Å²) in [4.78, 5) is 16.7. The zero-order valence-corrected chi connectivity index (χ0v) is 20.5. The number of hydrogen-bond acceptors (Lipinski definition) is 6. The minimum Gasteiger partial charge on any atom is -0.369 e. The summed E-state index contributed by atoms with van der Waals surface area (Å²) >= 11 is 0. The Morgan fingerprint density at radius 2 is 1.75 bits per heavy atom. The van der Waals surface area contributed by atoms with Crippen molar-refractivity contribution in [2.24, 2.45) is 0 Å². The van der Waals surface area contributed by atoms with Gasteiger partial charge >= 0.3 is 0 Å². The SMILES string of the molecule is CN1CCN(c2ccc(C(=O)Nc3n[nH]c4c3CN(S(=O)(=O)c3cc(F)ccc3F)CC4)cc2)CC1. The number of rotatable bonds is 5. The number of carbonyl (C=O) groups is 1. The van der Waals surface area contributed by atoms with E-state index in [2.05, 4.69) is 32.4 Å². The highest BCUT2D eigenvalue weighted by Gasteiger charge is 2.33. The van der Waals surface area contributed by atoms with E-state index in [0.717, 1.165) is 48.3 Å². The molecule has 36 heavy (non-hydrogen) atoms. The maximum absolute atomic E-state index is 14.2. The topological polar surface area (TPSA) is 102 Å². The Bertz CT molecular complexity index is 1390. The first-order valence-corrected chi connectivity index (χ1v) is 13.0. The molecule has 12 heteroatoms. The Morgan fingerprint density at radius 1 is 1.03 bits per heavy atom. The van der Waals surface area contributed by atoms with Crippen molar-refractivity contribution in [1.82, 2.24) is 19.4 Å². The Hall–Kier alpha value is -3.35. The van der Waals surface area contributed by atoms with Gasteiger partial charge in [-0.2, -0.15) is 9.40 Å². The number of piperazine rings is 1. The van der Waals surface area contributed by atoms with E-state index in [-0.39, 0.29) is 31.2 Å². The van der Waals surface area contributed by atoms with Gasteiger partial charge in [0.2, 0.25) is 10.0 Å². The summed E-state index contributed by atoms with van der Waals surface area (Å²) in [6, 6.07) is 9.62. The minimum absolute atomic E-state index is 0.0641. The van der Waals surface area contributed by atoms with E-state index < -0.39 is 26.6 Å². The lowest BCUT2D eigenvalue weighted by Crippen LogP contribution is -2.44. The second kappa shape index (κ2) is 9.60. The van der Waals surface area contributed by atoms with Gasteiger partial charge < -0.3 is 15.1 Å². The van der Waals surface area contributed by atoms with Crippen LogP contribution in [0.4, 0.5) is 20.3 Å². The van der Waals surface area contributed by atoms with Crippen LogP contribution in [0.2, 0.25) is 0 Å². The Morgan fingerprint density at radius 3 is 2.47 bits per heavy atom. The number of anilines is 2. The third-order valence-electron chi connectivity index (χ3n) is 6.64. The third-order valence-corrected chi connectivity index (χ3v) is 8.50. The molecule has 0 atom stereocenters. The second-order valence-corrected chi connectivity index (χ2v) is 10.9. The number of carbonyl (C=O) groups excluding carboxylic acids is 1. The number of amides is 1. The van der Waals surface area contributed by atoms with Gasteiger partial charge in [-0.1, -0.05) is 0 Å². The van der Waals surface area contributed by atoms with Crippen molar-refractivity contribution in [3.05, 3.63) is 70.9 Å². The van der Waals surface area contributed by atoms with Crippen molar-refractivity contribution in [3.63, 3.8) is 0 Å². The van der Waals surface area contributed by atoms with Crippen LogP contribution in [0.3, 0.4) is 0 Å². The van der Waals surface area contributed by atoms with Crippen molar-refractivity contribution in [3.8, 4) is 0 Å². The molecule has 0 saturated carbocycles. The van der Waals surface area contributed by atoms with Crippen LogP contribution in [0, 0.1) is 11.6 Å². The Labute approximate surface area is 207 Å². The number of nitrogens with zero attached hydrogens (tertiary/aromatic N) is 4. The maximum atomic E-state index is 14.2. The molecule has 0 bridgehead atoms. The highest BCUT2D eigenvalue weighted by atomic mass is 32.2. The van der Waals surface area contributed by atoms with E-state index in [1.165, 1.54) is 0 Å². The standard InChI is InChI=1S/C24H26F2N6O3S/c1-30-10-12-31(13-11-30)18-5-2-16(3-6-18)24(33)27-23-19-15-32(9-8-21(19)28-29-23)36(34,35)22-14-17(25)4-7-20(22)26/h2-7,14H,8-13,15H2,1H3,(H2,27,28,29,33). The molecule has 190 valence electrons. The molecule has 1 aromatic heterocycles. The minimum atomic E-state index is -4.30. The lowest BCUT2D eigenvalue weighted by Gasteiger charge is -2.34. The van der Waals surface area contributed by atoms with Crippen LogP contribution in [0.25, 0.3) is 0 Å². The van der Waals surface area contributed by atoms with Crippen molar-refractivity contribution < 1.29 is 22.0 Å². The summed E-state index contributed by atoms with van der Waals surface area (Å²) in [7, 11) is -2.21. The van der Waals surface area contributed by atoms with Crippen LogP contribution in [-0.4, -0.2) is 73.5 Å². The molecule has 1 saturated heterocycles. The van der Waals surface area contributed by atoms with Gasteiger partial charge in [0.1, 0.15) is 16.5 Å². The molecule has 0 spiro atoms. The lowest BCUT2D eigenvalue weighted by atomic mass is 10.1. The molecule has 2 aliphatic rings. The molecule has 9 nitrogen and oxygen atoms in total. The van der Waals surface area contributed by atoms with Crippen LogP contribution in [0.5, 0.6) is 0 Å². The van der Waals surface area contributed by atoms with Crippen molar-refractivity contribution in [1.29, 1.82) is 0 Å². The number of aromatic nitrogens is 2. The molecule has 2 aromatic carbocycles. The molecular weight excluding hydrogens is 490 g/mol. The van der Waals surface area contributed by atoms with Gasteiger partial charge in [-0.3, -0.25) is 9.89 Å². The van der Waals surface area contributed by atoms with Crippen molar-refractivity contribution >= 4 is 27.4 Å². The zero-order valence-electron chi connectivity index (χ0n) is 19.7. The van der Waals surface area contributed by atoms with Crippen molar-refractivity contribution in [2.75, 3.05) is 50.0 Å². The number of halogens is 2. The molecule has 3 aromatic rings. The first kappa shape index (κ1) is 24.3. The average molecular weight is 517 g/mol. The number of nitrogens with one attached hydrogen (secondary N) is 2. The van der Waals surface area contributed by atoms with Gasteiger partial charge in [0.15, 0.2) is 5.82 Å². The summed E-state index contributed by atoms with van der Waals surface area (Å²) in [5, 5.41) is 9.74. The number of H-pyrrole nitrogens is 1. The molecule has 5 rings (SSSR count). The molecule has 0 aliphatic carbocycles. The number of hydrogen-bond donors (Lipinski definition) is 2. The van der Waals surface area contributed by atoms with E-state index in [9.17, 15) is 22.0 Å². The normalized spacial score (nSPS) is 17.1. The summed E-state index contributed by atoms with van der Waals surface area (Å²) in [6.45, 7) is 3.72. The van der Waals surface area contributed by atoms with Gasteiger partial charge in [0, 0.05) is 68.2 Å². The van der Waals surface area contributed by atoms with Gasteiger partial charge in [0.25, 0.3) is 5.91 Å². The van der Waals surface area contributed by atoms with Crippen LogP contribution >= 0.6 is 0 Å². The van der Waals surface area contributed by atoms with E-state index in [1.807, 2.05) is 12.1 Å². The van der Waals surface area contributed by atoms with E-state index in [1.54, 1.807) is 12.1 Å².